The molecule has 0 amide bonds. The lowest BCUT2D eigenvalue weighted by atomic mass is 9.85. The van der Waals surface area contributed by atoms with Gasteiger partial charge in [-0.2, -0.15) is 0 Å². The van der Waals surface area contributed by atoms with Crippen LogP contribution in [-0.2, 0) is 18.4 Å². The van der Waals surface area contributed by atoms with E-state index in [4.69, 9.17) is 0 Å². The Kier molecular flexibility index (Phi) is 3.22. The lowest BCUT2D eigenvalue weighted by Gasteiger charge is -2.39. The quantitative estimate of drug-likeness (QED) is 0.706. The van der Waals surface area contributed by atoms with Crippen molar-refractivity contribution in [1.29, 1.82) is 0 Å². The average Bonchev–Trinajstić information content (AvgIpc) is 2.25. The third-order valence-corrected chi connectivity index (χ3v) is 3.67. The highest BCUT2D eigenvalue weighted by Gasteiger charge is 2.30. The van der Waals surface area contributed by atoms with E-state index in [-0.39, 0.29) is 11.0 Å². The summed E-state index contributed by atoms with van der Waals surface area (Å²) < 4.78 is 0. The smallest absolute Gasteiger partial charge is 0.116 e. The summed E-state index contributed by atoms with van der Waals surface area (Å²) in [4.78, 5) is 11.5. The van der Waals surface area contributed by atoms with E-state index >= 15 is 0 Å². The minimum Gasteiger partial charge on any atom is -0.292 e. The molecule has 1 aliphatic heterocycles. The molecule has 3 nitrogen and oxygen atoms in total. The summed E-state index contributed by atoms with van der Waals surface area (Å²) in [6.07, 6.45) is 2.80. The van der Waals surface area contributed by atoms with Gasteiger partial charge in [0, 0.05) is 24.0 Å². The number of rotatable bonds is 0. The molecule has 100 valence electrons. The molecule has 2 rings (SSSR count). The normalized spacial score (nSPS) is 17.7. The van der Waals surface area contributed by atoms with Crippen LogP contribution in [0.3, 0.4) is 0 Å². The molecule has 0 aliphatic carbocycles. The molecular weight excluding hydrogens is 222 g/mol. The van der Waals surface area contributed by atoms with Crippen LogP contribution in [0.25, 0.3) is 0 Å². The van der Waals surface area contributed by atoms with Crippen LogP contribution in [0.4, 0.5) is 0 Å². The molecular formula is C15H25N3. The van der Waals surface area contributed by atoms with Gasteiger partial charge >= 0.3 is 0 Å². The van der Waals surface area contributed by atoms with Crippen LogP contribution in [0.1, 0.15) is 58.5 Å². The maximum atomic E-state index is 4.52. The first kappa shape index (κ1) is 13.5. The second kappa shape index (κ2) is 4.30. The van der Waals surface area contributed by atoms with Crippen LogP contribution < -0.4 is 0 Å². The van der Waals surface area contributed by atoms with Gasteiger partial charge < -0.3 is 0 Å². The van der Waals surface area contributed by atoms with Gasteiger partial charge in [-0.15, -0.1) is 0 Å². The standard InChI is InChI=1S/C15H25N3/c1-14(2,3)13-11-7-8-18(15(4,5)6)9-12(11)16-10-17-13/h10H,7-9H2,1-6H3. The Morgan fingerprint density at radius 2 is 1.72 bits per heavy atom. The van der Waals surface area contributed by atoms with Gasteiger partial charge in [0.1, 0.15) is 6.33 Å². The number of hydrogen-bond acceptors (Lipinski definition) is 3. The zero-order valence-corrected chi connectivity index (χ0v) is 12.5. The van der Waals surface area contributed by atoms with Crippen molar-refractivity contribution in [1.82, 2.24) is 14.9 Å². The van der Waals surface area contributed by atoms with Crippen molar-refractivity contribution in [2.45, 2.75) is 65.5 Å². The summed E-state index contributed by atoms with van der Waals surface area (Å²) >= 11 is 0. The molecule has 2 heterocycles. The fraction of sp³-hybridized carbons (Fsp3) is 0.733. The maximum absolute atomic E-state index is 4.52. The second-order valence-electron chi connectivity index (χ2n) is 7.24. The highest BCUT2D eigenvalue weighted by Crippen LogP contribution is 2.30. The monoisotopic (exact) mass is 247 g/mol. The predicted octanol–water partition coefficient (Wildman–Crippen LogP) is 2.93. The lowest BCUT2D eigenvalue weighted by Crippen LogP contribution is -2.45. The zero-order valence-electron chi connectivity index (χ0n) is 12.5. The Balaban J connectivity index is 2.36. The van der Waals surface area contributed by atoms with Crippen molar-refractivity contribution >= 4 is 0 Å². The van der Waals surface area contributed by atoms with E-state index in [1.165, 1.54) is 17.0 Å². The fourth-order valence-electron chi connectivity index (χ4n) is 2.57. The average molecular weight is 247 g/mol. The van der Waals surface area contributed by atoms with E-state index < -0.39 is 0 Å². The van der Waals surface area contributed by atoms with Crippen molar-refractivity contribution in [2.24, 2.45) is 0 Å². The Labute approximate surface area is 111 Å². The number of fused-ring (bicyclic) bond motifs is 1. The predicted molar refractivity (Wildman–Crippen MR) is 74.6 cm³/mol. The lowest BCUT2D eigenvalue weighted by molar-refractivity contribution is 0.117. The van der Waals surface area contributed by atoms with Crippen molar-refractivity contribution < 1.29 is 0 Å². The van der Waals surface area contributed by atoms with Gasteiger partial charge in [-0.05, 0) is 32.8 Å². The molecule has 0 fully saturated rings. The van der Waals surface area contributed by atoms with Crippen LogP contribution >= 0.6 is 0 Å². The Morgan fingerprint density at radius 3 is 2.28 bits per heavy atom. The molecule has 0 saturated heterocycles. The number of aromatic nitrogens is 2. The van der Waals surface area contributed by atoms with Crippen molar-refractivity contribution in [3.8, 4) is 0 Å². The molecule has 0 spiro atoms. The Morgan fingerprint density at radius 1 is 1.06 bits per heavy atom. The summed E-state index contributed by atoms with van der Waals surface area (Å²) in [5.74, 6) is 0. The first-order chi connectivity index (χ1) is 8.19. The molecule has 18 heavy (non-hydrogen) atoms. The molecule has 0 radical (unpaired) electrons. The van der Waals surface area contributed by atoms with Gasteiger partial charge in [0.05, 0.1) is 11.4 Å². The topological polar surface area (TPSA) is 29.0 Å². The molecule has 0 N–H and O–H groups in total. The second-order valence-corrected chi connectivity index (χ2v) is 7.24. The molecule has 3 heteroatoms. The van der Waals surface area contributed by atoms with Gasteiger partial charge in [-0.25, -0.2) is 9.97 Å². The van der Waals surface area contributed by atoms with E-state index in [1.807, 2.05) is 0 Å². The number of hydrogen-bond donors (Lipinski definition) is 0. The van der Waals surface area contributed by atoms with E-state index in [9.17, 15) is 0 Å². The largest absolute Gasteiger partial charge is 0.292 e. The van der Waals surface area contributed by atoms with Crippen molar-refractivity contribution in [3.05, 3.63) is 23.3 Å². The third kappa shape index (κ3) is 2.56. The summed E-state index contributed by atoms with van der Waals surface area (Å²) in [5, 5.41) is 0. The highest BCUT2D eigenvalue weighted by atomic mass is 15.2. The third-order valence-electron chi connectivity index (χ3n) is 3.67. The Bertz CT molecular complexity index is 438. The van der Waals surface area contributed by atoms with Gasteiger partial charge in [-0.1, -0.05) is 20.8 Å². The van der Waals surface area contributed by atoms with Gasteiger partial charge in [0.25, 0.3) is 0 Å². The van der Waals surface area contributed by atoms with Gasteiger partial charge in [0.2, 0.25) is 0 Å². The Hall–Kier alpha value is -0.960. The molecule has 0 unspecified atom stereocenters. The van der Waals surface area contributed by atoms with Gasteiger partial charge in [-0.3, -0.25) is 4.90 Å². The maximum Gasteiger partial charge on any atom is 0.116 e. The van der Waals surface area contributed by atoms with Crippen LogP contribution in [0.5, 0.6) is 0 Å². The molecule has 0 bridgehead atoms. The zero-order chi connectivity index (χ0) is 13.6. The molecule has 0 atom stereocenters. The fourth-order valence-corrected chi connectivity index (χ4v) is 2.57. The van der Waals surface area contributed by atoms with Crippen LogP contribution in [0.2, 0.25) is 0 Å². The van der Waals surface area contributed by atoms with Crippen LogP contribution in [0, 0.1) is 0 Å². The van der Waals surface area contributed by atoms with E-state index in [0.717, 1.165) is 19.5 Å². The molecule has 1 aliphatic rings. The summed E-state index contributed by atoms with van der Waals surface area (Å²) in [6.45, 7) is 15.5. The first-order valence-corrected chi connectivity index (χ1v) is 6.78. The van der Waals surface area contributed by atoms with E-state index in [2.05, 4.69) is 56.4 Å². The minimum atomic E-state index is 0.108. The molecule has 0 aromatic carbocycles. The van der Waals surface area contributed by atoms with Crippen LogP contribution in [-0.4, -0.2) is 27.0 Å². The molecule has 1 aromatic heterocycles. The summed E-state index contributed by atoms with van der Waals surface area (Å²) in [7, 11) is 0. The minimum absolute atomic E-state index is 0.108. The van der Waals surface area contributed by atoms with E-state index in [0.29, 0.717) is 0 Å². The van der Waals surface area contributed by atoms with Crippen LogP contribution in [0.15, 0.2) is 6.33 Å². The molecule has 0 saturated carbocycles. The summed E-state index contributed by atoms with van der Waals surface area (Å²) in [6, 6.07) is 0. The van der Waals surface area contributed by atoms with Crippen molar-refractivity contribution in [3.63, 3.8) is 0 Å². The van der Waals surface area contributed by atoms with Gasteiger partial charge in [0.15, 0.2) is 0 Å². The SMILES string of the molecule is CC(C)(C)c1ncnc2c1CCN(C(C)(C)C)C2. The number of nitrogens with zero attached hydrogens (tertiary/aromatic N) is 3. The summed E-state index contributed by atoms with van der Waals surface area (Å²) in [5.41, 5.74) is 4.14. The molecule has 1 aromatic rings. The highest BCUT2D eigenvalue weighted by molar-refractivity contribution is 5.31. The van der Waals surface area contributed by atoms with E-state index in [1.54, 1.807) is 6.33 Å². The first-order valence-electron chi connectivity index (χ1n) is 6.78. The van der Waals surface area contributed by atoms with Crippen molar-refractivity contribution in [2.75, 3.05) is 6.54 Å².